The minimum absolute atomic E-state index is 0.153. The molecule has 0 radical (unpaired) electrons. The number of nitrogens with one attached hydrogen (secondary N) is 1. The molecule has 0 aliphatic carbocycles. The first-order valence-corrected chi connectivity index (χ1v) is 12.6. The largest absolute Gasteiger partial charge is 0.289 e. The lowest BCUT2D eigenvalue weighted by molar-refractivity contribution is 0.523. The number of aromatic nitrogens is 1. The predicted octanol–water partition coefficient (Wildman–Crippen LogP) is 4.26. The normalized spacial score (nSPS) is 12.2. The Bertz CT molecular complexity index is 1400. The average Bonchev–Trinajstić information content (AvgIpc) is 2.78. The molecule has 0 amide bonds. The van der Waals surface area contributed by atoms with Gasteiger partial charge in [0.2, 0.25) is 0 Å². The fraction of sp³-hybridized carbons (Fsp3) is 0.0870. The van der Waals surface area contributed by atoms with E-state index in [4.69, 9.17) is 0 Å². The second kappa shape index (κ2) is 8.34. The van der Waals surface area contributed by atoms with Crippen LogP contribution in [-0.4, -0.2) is 25.6 Å². The summed E-state index contributed by atoms with van der Waals surface area (Å²) >= 11 is 0. The second-order valence-corrected chi connectivity index (χ2v) is 11.1. The maximum atomic E-state index is 13.5. The van der Waals surface area contributed by atoms with Crippen molar-refractivity contribution in [2.24, 2.45) is 0 Å². The molecule has 0 fully saturated rings. The highest BCUT2D eigenvalue weighted by molar-refractivity contribution is 8.04. The Morgan fingerprint density at radius 1 is 0.688 bits per heavy atom. The van der Waals surface area contributed by atoms with Crippen LogP contribution in [0.15, 0.2) is 94.9 Å². The maximum absolute atomic E-state index is 13.5. The molecule has 1 aromatic heterocycles. The Morgan fingerprint density at radius 3 is 1.72 bits per heavy atom. The number of anilines is 1. The lowest BCUT2D eigenvalue weighted by atomic mass is 10.2. The molecule has 9 heteroatoms. The molecule has 0 atom stereocenters. The van der Waals surface area contributed by atoms with Crippen molar-refractivity contribution in [3.63, 3.8) is 0 Å². The second-order valence-electron chi connectivity index (χ2n) is 7.33. The lowest BCUT2D eigenvalue weighted by Crippen LogP contribution is -2.41. The average molecular weight is 468 g/mol. The van der Waals surface area contributed by atoms with Crippen LogP contribution in [0.3, 0.4) is 0 Å². The Kier molecular flexibility index (Phi) is 5.72. The van der Waals surface area contributed by atoms with Gasteiger partial charge in [-0.2, -0.15) is 0 Å². The summed E-state index contributed by atoms with van der Waals surface area (Å²) in [6.45, 7) is 3.63. The molecule has 3 aromatic carbocycles. The fourth-order valence-electron chi connectivity index (χ4n) is 3.15. The highest BCUT2D eigenvalue weighted by Gasteiger charge is 2.37. The summed E-state index contributed by atoms with van der Waals surface area (Å²) in [6, 6.07) is 20.6. The molecule has 0 spiro atoms. The van der Waals surface area contributed by atoms with E-state index >= 15 is 0 Å². The van der Waals surface area contributed by atoms with Crippen molar-refractivity contribution in [1.82, 2.24) is 8.80 Å². The first-order chi connectivity index (χ1) is 15.2. The van der Waals surface area contributed by atoms with Gasteiger partial charge < -0.3 is 0 Å². The van der Waals surface area contributed by atoms with Gasteiger partial charge in [0, 0.05) is 15.4 Å². The van der Waals surface area contributed by atoms with Crippen molar-refractivity contribution in [3.05, 3.63) is 96.2 Å². The third-order valence-electron chi connectivity index (χ3n) is 4.92. The maximum Gasteiger partial charge on any atom is 0.274 e. The zero-order valence-corrected chi connectivity index (χ0v) is 19.1. The van der Waals surface area contributed by atoms with Gasteiger partial charge in [0.15, 0.2) is 0 Å². The summed E-state index contributed by atoms with van der Waals surface area (Å²) in [6.07, 6.45) is 1.56. The van der Waals surface area contributed by atoms with Crippen molar-refractivity contribution >= 4 is 36.6 Å². The van der Waals surface area contributed by atoms with Gasteiger partial charge in [-0.05, 0) is 50.2 Å². The summed E-state index contributed by atoms with van der Waals surface area (Å²) < 4.78 is 54.5. The van der Waals surface area contributed by atoms with Gasteiger partial charge in [0.05, 0.1) is 21.0 Å². The number of sulfonamides is 2. The van der Waals surface area contributed by atoms with E-state index in [0.29, 0.717) is 9.34 Å². The highest BCUT2D eigenvalue weighted by Crippen LogP contribution is 2.28. The quantitative estimate of drug-likeness (QED) is 0.426. The third-order valence-corrected chi connectivity index (χ3v) is 8.89. The van der Waals surface area contributed by atoms with Gasteiger partial charge in [0.25, 0.3) is 20.0 Å². The fourth-order valence-corrected chi connectivity index (χ4v) is 6.48. The standard InChI is InChI=1S/C23H21N3O4S2/c1-17-8-12-20(13-9-17)31(27,28)26(32(29,30)21-14-10-18(2)11-15-21)25-22-7-3-5-19-6-4-16-24-23(19)22/h3-16,25H,1-2H3. The number of nitrogens with zero attached hydrogens (tertiary/aromatic N) is 2. The molecular weight excluding hydrogens is 446 g/mol. The molecule has 164 valence electrons. The van der Waals surface area contributed by atoms with Gasteiger partial charge in [-0.25, -0.2) is 16.8 Å². The number of hydrogen-bond acceptors (Lipinski definition) is 6. The van der Waals surface area contributed by atoms with Crippen LogP contribution >= 0.6 is 0 Å². The van der Waals surface area contributed by atoms with E-state index in [9.17, 15) is 16.8 Å². The van der Waals surface area contributed by atoms with E-state index in [0.717, 1.165) is 16.5 Å². The summed E-state index contributed by atoms with van der Waals surface area (Å²) in [4.78, 5) is 3.98. The van der Waals surface area contributed by atoms with Gasteiger partial charge in [-0.3, -0.25) is 10.4 Å². The smallest absolute Gasteiger partial charge is 0.274 e. The zero-order chi connectivity index (χ0) is 22.9. The van der Waals surface area contributed by atoms with Gasteiger partial charge in [-0.15, -0.1) is 0 Å². The molecule has 1 heterocycles. The first kappa shape index (κ1) is 21.9. The Balaban J connectivity index is 1.90. The molecular formula is C23H21N3O4S2. The molecule has 0 aliphatic rings. The summed E-state index contributed by atoms with van der Waals surface area (Å²) in [5, 5.41) is 0.734. The van der Waals surface area contributed by atoms with Crippen LogP contribution in [0.25, 0.3) is 10.9 Å². The minimum atomic E-state index is -4.49. The molecule has 32 heavy (non-hydrogen) atoms. The first-order valence-electron chi connectivity index (χ1n) is 9.74. The van der Waals surface area contributed by atoms with Crippen molar-refractivity contribution < 1.29 is 16.8 Å². The number of para-hydroxylation sites is 1. The number of benzene rings is 3. The highest BCUT2D eigenvalue weighted by atomic mass is 32.3. The van der Waals surface area contributed by atoms with Crippen LogP contribution in [0.2, 0.25) is 0 Å². The monoisotopic (exact) mass is 467 g/mol. The molecule has 0 unspecified atom stereocenters. The number of hydrogen-bond donors (Lipinski definition) is 1. The van der Waals surface area contributed by atoms with Crippen LogP contribution < -0.4 is 5.43 Å². The third kappa shape index (κ3) is 4.10. The topological polar surface area (TPSA) is 96.4 Å². The van der Waals surface area contributed by atoms with Crippen LogP contribution in [0, 0.1) is 13.8 Å². The molecule has 4 rings (SSSR count). The van der Waals surface area contributed by atoms with E-state index in [2.05, 4.69) is 10.4 Å². The Labute approximate surface area is 187 Å². The number of aryl methyl sites for hydroxylation is 2. The van der Waals surface area contributed by atoms with E-state index in [1.807, 2.05) is 13.8 Å². The number of fused-ring (bicyclic) bond motifs is 1. The van der Waals surface area contributed by atoms with Gasteiger partial charge in [-0.1, -0.05) is 53.6 Å². The Hall–Kier alpha value is -3.27. The molecule has 4 aromatic rings. The van der Waals surface area contributed by atoms with Crippen molar-refractivity contribution in [1.29, 1.82) is 0 Å². The van der Waals surface area contributed by atoms with Crippen LogP contribution in [-0.2, 0) is 20.0 Å². The molecule has 1 N–H and O–H groups in total. The minimum Gasteiger partial charge on any atom is -0.289 e. The summed E-state index contributed by atoms with van der Waals surface area (Å²) in [7, 11) is -8.99. The van der Waals surface area contributed by atoms with Crippen LogP contribution in [0.5, 0.6) is 0 Å². The summed E-state index contributed by atoms with van der Waals surface area (Å²) in [5.41, 5.74) is 5.01. The van der Waals surface area contributed by atoms with Crippen LogP contribution in [0.4, 0.5) is 5.69 Å². The number of hydrazine groups is 1. The Morgan fingerprint density at radius 2 is 1.19 bits per heavy atom. The van der Waals surface area contributed by atoms with Crippen molar-refractivity contribution in [2.75, 3.05) is 5.43 Å². The summed E-state index contributed by atoms with van der Waals surface area (Å²) in [5.74, 6) is 0. The number of rotatable bonds is 6. The predicted molar refractivity (Wildman–Crippen MR) is 124 cm³/mol. The molecule has 0 aliphatic heterocycles. The van der Waals surface area contributed by atoms with E-state index in [1.165, 1.54) is 24.3 Å². The molecule has 0 saturated heterocycles. The number of pyridine rings is 1. The lowest BCUT2D eigenvalue weighted by Gasteiger charge is -2.24. The zero-order valence-electron chi connectivity index (χ0n) is 17.4. The van der Waals surface area contributed by atoms with Gasteiger partial charge in [0.1, 0.15) is 0 Å². The molecule has 7 nitrogen and oxygen atoms in total. The van der Waals surface area contributed by atoms with Crippen molar-refractivity contribution in [2.45, 2.75) is 23.6 Å². The van der Waals surface area contributed by atoms with E-state index in [-0.39, 0.29) is 15.5 Å². The van der Waals surface area contributed by atoms with E-state index < -0.39 is 20.0 Å². The van der Waals surface area contributed by atoms with E-state index in [1.54, 1.807) is 60.8 Å². The molecule has 0 saturated carbocycles. The molecule has 0 bridgehead atoms. The SMILES string of the molecule is Cc1ccc(S(=O)(=O)N(Nc2cccc3cccnc23)S(=O)(=O)c2ccc(C)cc2)cc1. The van der Waals surface area contributed by atoms with Crippen molar-refractivity contribution in [3.8, 4) is 0 Å². The van der Waals surface area contributed by atoms with Crippen LogP contribution in [0.1, 0.15) is 11.1 Å². The van der Waals surface area contributed by atoms with Gasteiger partial charge >= 0.3 is 0 Å².